The Bertz CT molecular complexity index is 630. The molecule has 0 unspecified atom stereocenters. The third-order valence-electron chi connectivity index (χ3n) is 4.77. The van der Waals surface area contributed by atoms with Gasteiger partial charge in [0.2, 0.25) is 5.91 Å². The maximum atomic E-state index is 12.2. The molecule has 0 fully saturated rings. The van der Waals surface area contributed by atoms with Crippen molar-refractivity contribution in [3.8, 4) is 0 Å². The summed E-state index contributed by atoms with van der Waals surface area (Å²) in [5.74, 6) is -0.161. The predicted molar refractivity (Wildman–Crippen MR) is 124 cm³/mol. The van der Waals surface area contributed by atoms with Crippen molar-refractivity contribution >= 4 is 34.8 Å². The highest BCUT2D eigenvalue weighted by molar-refractivity contribution is 7.80. The number of hydrogen-bond acceptors (Lipinski definition) is 4. The number of likely N-dealkylation sites (N-methyl/N-ethyl adjacent to an activating group) is 1. The monoisotopic (exact) mass is 420 g/mol. The van der Waals surface area contributed by atoms with Gasteiger partial charge >= 0.3 is 0 Å². The quantitative estimate of drug-likeness (QED) is 0.333. The van der Waals surface area contributed by atoms with Gasteiger partial charge in [0.05, 0.1) is 0 Å². The van der Waals surface area contributed by atoms with Crippen LogP contribution in [-0.2, 0) is 4.79 Å². The number of anilines is 1. The van der Waals surface area contributed by atoms with Crippen LogP contribution in [0.4, 0.5) is 5.69 Å². The molecular formula is C22H36N4O2S. The van der Waals surface area contributed by atoms with Crippen molar-refractivity contribution in [1.29, 1.82) is 0 Å². The molecule has 162 valence electrons. The van der Waals surface area contributed by atoms with Crippen molar-refractivity contribution in [3.05, 3.63) is 29.8 Å². The molecule has 2 amide bonds. The molecule has 0 heterocycles. The first kappa shape index (κ1) is 25.0. The Morgan fingerprint density at radius 3 is 2.24 bits per heavy atom. The Labute approximate surface area is 180 Å². The zero-order valence-corrected chi connectivity index (χ0v) is 18.9. The third-order valence-corrected chi connectivity index (χ3v) is 4.98. The van der Waals surface area contributed by atoms with E-state index in [-0.39, 0.29) is 16.9 Å². The fourth-order valence-corrected chi connectivity index (χ4v) is 3.15. The summed E-state index contributed by atoms with van der Waals surface area (Å²) in [6.07, 6.45) is 6.01. The van der Waals surface area contributed by atoms with Crippen molar-refractivity contribution < 1.29 is 9.59 Å². The van der Waals surface area contributed by atoms with Gasteiger partial charge in [-0.25, -0.2) is 0 Å². The minimum absolute atomic E-state index is 0.0665. The molecule has 0 bridgehead atoms. The second kappa shape index (κ2) is 14.9. The zero-order chi connectivity index (χ0) is 21.5. The largest absolute Gasteiger partial charge is 0.351 e. The number of carbonyl (C=O) groups excluding carboxylic acids is 2. The van der Waals surface area contributed by atoms with Crippen LogP contribution in [-0.4, -0.2) is 48.0 Å². The average molecular weight is 421 g/mol. The van der Waals surface area contributed by atoms with Gasteiger partial charge in [-0.15, -0.1) is 0 Å². The molecule has 1 aromatic carbocycles. The number of rotatable bonds is 13. The molecule has 0 spiro atoms. The molecule has 0 saturated carbocycles. The highest BCUT2D eigenvalue weighted by Crippen LogP contribution is 2.10. The van der Waals surface area contributed by atoms with E-state index in [1.165, 1.54) is 19.3 Å². The average Bonchev–Trinajstić information content (AvgIpc) is 2.71. The molecule has 29 heavy (non-hydrogen) atoms. The number of amides is 2. The van der Waals surface area contributed by atoms with Crippen molar-refractivity contribution in [2.75, 3.05) is 31.5 Å². The summed E-state index contributed by atoms with van der Waals surface area (Å²) in [5, 5.41) is 8.90. The Kier molecular flexibility index (Phi) is 12.9. The molecule has 3 N–H and O–H groups in total. The van der Waals surface area contributed by atoms with Crippen molar-refractivity contribution in [1.82, 2.24) is 15.5 Å². The topological polar surface area (TPSA) is 73.5 Å². The lowest BCUT2D eigenvalue weighted by Gasteiger charge is -2.18. The van der Waals surface area contributed by atoms with Crippen molar-refractivity contribution in [2.45, 2.75) is 59.3 Å². The molecule has 6 nitrogen and oxygen atoms in total. The van der Waals surface area contributed by atoms with E-state index in [4.69, 9.17) is 12.2 Å². The number of carbonyl (C=O) groups is 2. The number of nitrogens with zero attached hydrogens (tertiary/aromatic N) is 1. The van der Waals surface area contributed by atoms with Crippen LogP contribution in [0.3, 0.4) is 0 Å². The Hall–Kier alpha value is -1.99. The number of benzene rings is 1. The molecule has 1 aromatic rings. The fraction of sp³-hybridized carbons (Fsp3) is 0.591. The Morgan fingerprint density at radius 1 is 0.966 bits per heavy atom. The Morgan fingerprint density at radius 2 is 1.62 bits per heavy atom. The molecule has 0 aliphatic heterocycles. The zero-order valence-electron chi connectivity index (χ0n) is 18.1. The van der Waals surface area contributed by atoms with E-state index >= 15 is 0 Å². The smallest absolute Gasteiger partial charge is 0.251 e. The van der Waals surface area contributed by atoms with E-state index in [1.807, 2.05) is 0 Å². The molecular weight excluding hydrogens is 384 g/mol. The van der Waals surface area contributed by atoms with Crippen LogP contribution in [0.15, 0.2) is 24.3 Å². The third kappa shape index (κ3) is 10.9. The van der Waals surface area contributed by atoms with Crippen LogP contribution in [0.2, 0.25) is 0 Å². The molecule has 0 saturated heterocycles. The Balaban J connectivity index is 2.34. The standard InChI is InChI=1S/C22H36N4O2S/c1-4-7-8-9-10-11-20(27)25-22(29)24-19-14-12-18(13-15-19)21(28)23-16-17-26(5-2)6-3/h12-15H,4-11,16-17H2,1-3H3,(H,23,28)(H2,24,25,27,29). The molecule has 0 aromatic heterocycles. The van der Waals surface area contributed by atoms with Gasteiger partial charge in [0.1, 0.15) is 0 Å². The number of nitrogens with one attached hydrogen (secondary N) is 3. The lowest BCUT2D eigenvalue weighted by atomic mass is 10.1. The van der Waals surface area contributed by atoms with Gasteiger partial charge in [-0.2, -0.15) is 0 Å². The van der Waals surface area contributed by atoms with Crippen LogP contribution in [0, 0.1) is 0 Å². The minimum atomic E-state index is -0.0948. The summed E-state index contributed by atoms with van der Waals surface area (Å²) >= 11 is 5.19. The summed E-state index contributed by atoms with van der Waals surface area (Å²) < 4.78 is 0. The van der Waals surface area contributed by atoms with Crippen molar-refractivity contribution in [3.63, 3.8) is 0 Å². The maximum Gasteiger partial charge on any atom is 0.251 e. The fourth-order valence-electron chi connectivity index (χ4n) is 2.91. The first-order chi connectivity index (χ1) is 14.0. The van der Waals surface area contributed by atoms with Gasteiger partial charge in [-0.05, 0) is 56.0 Å². The van der Waals surface area contributed by atoms with Crippen molar-refractivity contribution in [2.24, 2.45) is 0 Å². The summed E-state index contributed by atoms with van der Waals surface area (Å²) in [4.78, 5) is 26.4. The maximum absolute atomic E-state index is 12.2. The normalized spacial score (nSPS) is 10.6. The summed E-state index contributed by atoms with van der Waals surface area (Å²) in [6, 6.07) is 7.05. The van der Waals surface area contributed by atoms with Gasteiger partial charge in [0.25, 0.3) is 5.91 Å². The van der Waals surface area contributed by atoms with Gasteiger partial charge in [-0.3, -0.25) is 9.59 Å². The van der Waals surface area contributed by atoms with E-state index in [9.17, 15) is 9.59 Å². The minimum Gasteiger partial charge on any atom is -0.351 e. The highest BCUT2D eigenvalue weighted by Gasteiger charge is 2.08. The second-order valence-electron chi connectivity index (χ2n) is 7.03. The molecule has 0 atom stereocenters. The molecule has 1 rings (SSSR count). The van der Waals surface area contributed by atoms with Crippen LogP contribution < -0.4 is 16.0 Å². The summed E-state index contributed by atoms with van der Waals surface area (Å²) in [7, 11) is 0. The number of hydrogen-bond donors (Lipinski definition) is 3. The summed E-state index contributed by atoms with van der Waals surface area (Å²) in [5.41, 5.74) is 1.33. The first-order valence-corrected chi connectivity index (χ1v) is 11.1. The predicted octanol–water partition coefficient (Wildman–Crippen LogP) is 3.93. The summed E-state index contributed by atoms with van der Waals surface area (Å²) in [6.45, 7) is 9.79. The van der Waals surface area contributed by atoms with Crippen LogP contribution >= 0.6 is 12.2 Å². The number of thiocarbonyl (C=S) groups is 1. The van der Waals surface area contributed by atoms with E-state index in [2.05, 4.69) is 41.6 Å². The molecule has 0 aliphatic rings. The molecule has 7 heteroatoms. The van der Waals surface area contributed by atoms with Crippen LogP contribution in [0.1, 0.15) is 69.7 Å². The molecule has 0 aliphatic carbocycles. The van der Waals surface area contributed by atoms with Crippen LogP contribution in [0.25, 0.3) is 0 Å². The van der Waals surface area contributed by atoms with Gasteiger partial charge in [-0.1, -0.05) is 46.5 Å². The SMILES string of the molecule is CCCCCCCC(=O)NC(=S)Nc1ccc(C(=O)NCCN(CC)CC)cc1. The lowest BCUT2D eigenvalue weighted by molar-refractivity contribution is -0.119. The number of unbranched alkanes of at least 4 members (excludes halogenated alkanes) is 4. The van der Waals surface area contributed by atoms with Gasteiger partial charge in [0, 0.05) is 30.8 Å². The molecule has 0 radical (unpaired) electrons. The van der Waals surface area contributed by atoms with E-state index in [0.29, 0.717) is 18.5 Å². The van der Waals surface area contributed by atoms with E-state index in [0.717, 1.165) is 38.2 Å². The first-order valence-electron chi connectivity index (χ1n) is 10.7. The lowest BCUT2D eigenvalue weighted by Crippen LogP contribution is -2.35. The van der Waals surface area contributed by atoms with Gasteiger partial charge < -0.3 is 20.9 Å². The van der Waals surface area contributed by atoms with Crippen LogP contribution in [0.5, 0.6) is 0 Å². The highest BCUT2D eigenvalue weighted by atomic mass is 32.1. The second-order valence-corrected chi connectivity index (χ2v) is 7.43. The van der Waals surface area contributed by atoms with E-state index < -0.39 is 0 Å². The van der Waals surface area contributed by atoms with E-state index in [1.54, 1.807) is 24.3 Å². The van der Waals surface area contributed by atoms with Gasteiger partial charge in [0.15, 0.2) is 5.11 Å².